The average molecular weight is 276 g/mol. The molecular weight excluding hydrogens is 264 g/mol. The Morgan fingerprint density at radius 1 is 1.39 bits per heavy atom. The number of halogens is 3. The van der Waals surface area contributed by atoms with E-state index in [-0.39, 0.29) is 5.92 Å². The number of hydrogen-bond acceptors (Lipinski definition) is 1. The van der Waals surface area contributed by atoms with Crippen molar-refractivity contribution in [1.82, 2.24) is 0 Å². The van der Waals surface area contributed by atoms with E-state index in [1.54, 1.807) is 6.08 Å². The highest BCUT2D eigenvalue weighted by molar-refractivity contribution is 7.58. The molecule has 1 aromatic carbocycles. The van der Waals surface area contributed by atoms with Crippen LogP contribution < -0.4 is 0 Å². The normalized spacial score (nSPS) is 25.6. The van der Waals surface area contributed by atoms with Gasteiger partial charge in [-0.05, 0) is 24.5 Å². The minimum Gasteiger partial charge on any atom is -0.344 e. The number of benzene rings is 1. The van der Waals surface area contributed by atoms with Gasteiger partial charge in [-0.1, -0.05) is 6.08 Å². The monoisotopic (exact) mass is 276 g/mol. The Kier molecular flexibility index (Phi) is 3.39. The van der Waals surface area contributed by atoms with E-state index in [1.807, 2.05) is 0 Å². The van der Waals surface area contributed by atoms with Crippen molar-refractivity contribution in [3.63, 3.8) is 0 Å². The van der Waals surface area contributed by atoms with Crippen LogP contribution in [-0.2, 0) is 10.7 Å². The molecule has 1 fully saturated rings. The van der Waals surface area contributed by atoms with E-state index in [1.165, 1.54) is 0 Å². The molecule has 1 saturated carbocycles. The van der Waals surface area contributed by atoms with Crippen molar-refractivity contribution >= 4 is 7.37 Å². The maximum Gasteiger partial charge on any atom is 0.208 e. The van der Waals surface area contributed by atoms with Crippen molar-refractivity contribution in [2.75, 3.05) is 0 Å². The van der Waals surface area contributed by atoms with Crippen LogP contribution >= 0.6 is 7.37 Å². The first-order valence-corrected chi connectivity index (χ1v) is 7.34. The average Bonchev–Trinajstić information content (AvgIpc) is 3.10. The van der Waals surface area contributed by atoms with E-state index in [0.717, 1.165) is 6.07 Å². The van der Waals surface area contributed by atoms with E-state index in [0.29, 0.717) is 12.5 Å². The molecule has 6 heteroatoms. The Morgan fingerprint density at radius 3 is 2.56 bits per heavy atom. The minimum atomic E-state index is -3.74. The fraction of sp³-hybridized carbons (Fsp3) is 0.333. The van der Waals surface area contributed by atoms with Gasteiger partial charge in [-0.15, -0.1) is 6.58 Å². The standard InChI is InChI=1S/C12H12F3O2P/c1-2-7-5-11(7)18(16,17)6-8-9(13)3-4-10(14)12(8)15/h2-4,7,11H,1,5-6H2,(H,16,17)/t7-,11+/m1/s1. The predicted octanol–water partition coefficient (Wildman–Crippen LogP) is 3.45. The molecule has 3 atom stereocenters. The van der Waals surface area contributed by atoms with E-state index < -0.39 is 42.2 Å². The summed E-state index contributed by atoms with van der Waals surface area (Å²) in [6.45, 7) is 3.50. The molecule has 1 aromatic rings. The van der Waals surface area contributed by atoms with Crippen LogP contribution in [0.2, 0.25) is 0 Å². The van der Waals surface area contributed by atoms with Crippen LogP contribution in [0.15, 0.2) is 24.8 Å². The van der Waals surface area contributed by atoms with Gasteiger partial charge in [0.15, 0.2) is 11.6 Å². The lowest BCUT2D eigenvalue weighted by Crippen LogP contribution is -2.02. The van der Waals surface area contributed by atoms with Crippen LogP contribution in [0.4, 0.5) is 13.2 Å². The van der Waals surface area contributed by atoms with Gasteiger partial charge in [0.1, 0.15) is 5.82 Å². The van der Waals surface area contributed by atoms with Crippen LogP contribution in [-0.4, -0.2) is 10.6 Å². The molecule has 1 unspecified atom stereocenters. The van der Waals surface area contributed by atoms with Gasteiger partial charge in [0, 0.05) is 11.2 Å². The van der Waals surface area contributed by atoms with Crippen molar-refractivity contribution in [3.8, 4) is 0 Å². The Bertz CT molecular complexity index is 544. The van der Waals surface area contributed by atoms with Crippen molar-refractivity contribution in [2.24, 2.45) is 5.92 Å². The molecule has 0 bridgehead atoms. The van der Waals surface area contributed by atoms with Gasteiger partial charge >= 0.3 is 0 Å². The van der Waals surface area contributed by atoms with Crippen LogP contribution in [0, 0.1) is 23.4 Å². The zero-order chi connectivity index (χ0) is 13.5. The highest BCUT2D eigenvalue weighted by Crippen LogP contribution is 2.63. The second-order valence-electron chi connectivity index (χ2n) is 4.44. The van der Waals surface area contributed by atoms with Gasteiger partial charge in [-0.25, -0.2) is 13.2 Å². The molecule has 0 amide bonds. The minimum absolute atomic E-state index is 0.0967. The summed E-state index contributed by atoms with van der Waals surface area (Å²) >= 11 is 0. The summed E-state index contributed by atoms with van der Waals surface area (Å²) in [4.78, 5) is 9.80. The number of rotatable bonds is 4. The van der Waals surface area contributed by atoms with Gasteiger partial charge in [0.2, 0.25) is 7.37 Å². The molecule has 0 saturated heterocycles. The molecule has 98 valence electrons. The lowest BCUT2D eigenvalue weighted by atomic mass is 10.2. The fourth-order valence-corrected chi connectivity index (χ4v) is 4.25. The Labute approximate surface area is 103 Å². The highest BCUT2D eigenvalue weighted by atomic mass is 31.2. The Morgan fingerprint density at radius 2 is 2.00 bits per heavy atom. The highest BCUT2D eigenvalue weighted by Gasteiger charge is 2.48. The van der Waals surface area contributed by atoms with Crippen molar-refractivity contribution < 1.29 is 22.6 Å². The van der Waals surface area contributed by atoms with E-state index >= 15 is 0 Å². The lowest BCUT2D eigenvalue weighted by molar-refractivity contribution is 0.460. The molecule has 0 aromatic heterocycles. The second-order valence-corrected chi connectivity index (χ2v) is 6.93. The zero-order valence-corrected chi connectivity index (χ0v) is 10.3. The third-order valence-electron chi connectivity index (χ3n) is 3.15. The van der Waals surface area contributed by atoms with E-state index in [2.05, 4.69) is 6.58 Å². The van der Waals surface area contributed by atoms with E-state index in [4.69, 9.17) is 0 Å². The molecule has 1 N–H and O–H groups in total. The van der Waals surface area contributed by atoms with Gasteiger partial charge in [0.25, 0.3) is 0 Å². The third-order valence-corrected chi connectivity index (χ3v) is 5.55. The first kappa shape index (κ1) is 13.4. The molecule has 1 aliphatic rings. The van der Waals surface area contributed by atoms with Gasteiger partial charge in [-0.2, -0.15) is 0 Å². The maximum absolute atomic E-state index is 13.4. The molecule has 0 radical (unpaired) electrons. The third kappa shape index (κ3) is 2.38. The first-order valence-electron chi connectivity index (χ1n) is 5.43. The lowest BCUT2D eigenvalue weighted by Gasteiger charge is -2.12. The van der Waals surface area contributed by atoms with E-state index in [9.17, 15) is 22.6 Å². The molecule has 0 heterocycles. The molecule has 1 aliphatic carbocycles. The fourth-order valence-electron chi connectivity index (χ4n) is 1.98. The molecule has 0 aliphatic heterocycles. The summed E-state index contributed by atoms with van der Waals surface area (Å²) in [5, 5.41) is 0. The smallest absolute Gasteiger partial charge is 0.208 e. The van der Waals surface area contributed by atoms with Crippen molar-refractivity contribution in [3.05, 3.63) is 47.8 Å². The molecular formula is C12H12F3O2P. The summed E-state index contributed by atoms with van der Waals surface area (Å²) in [6, 6.07) is 1.41. The largest absolute Gasteiger partial charge is 0.344 e. The SMILES string of the molecule is C=C[C@@H]1C[C@@H]1P(=O)(O)Cc1c(F)ccc(F)c1F. The predicted molar refractivity (Wildman–Crippen MR) is 61.9 cm³/mol. The van der Waals surface area contributed by atoms with Gasteiger partial charge in [0.05, 0.1) is 6.16 Å². The maximum atomic E-state index is 13.4. The molecule has 0 spiro atoms. The summed E-state index contributed by atoms with van der Waals surface area (Å²) < 4.78 is 51.7. The van der Waals surface area contributed by atoms with Crippen LogP contribution in [0.3, 0.4) is 0 Å². The Balaban J connectivity index is 2.27. The first-order chi connectivity index (χ1) is 8.36. The summed E-state index contributed by atoms with van der Waals surface area (Å²) in [5.74, 6) is -3.71. The summed E-state index contributed by atoms with van der Waals surface area (Å²) in [5.41, 5.74) is -1.17. The quantitative estimate of drug-likeness (QED) is 0.519. The number of hydrogen-bond donors (Lipinski definition) is 1. The van der Waals surface area contributed by atoms with Crippen molar-refractivity contribution in [1.29, 1.82) is 0 Å². The molecule has 18 heavy (non-hydrogen) atoms. The second kappa shape index (κ2) is 4.56. The zero-order valence-electron chi connectivity index (χ0n) is 9.44. The number of allylic oxidation sites excluding steroid dienone is 1. The molecule has 2 rings (SSSR count). The summed E-state index contributed by atoms with van der Waals surface area (Å²) in [6.07, 6.45) is 1.35. The van der Waals surface area contributed by atoms with Gasteiger partial charge < -0.3 is 4.89 Å². The van der Waals surface area contributed by atoms with Crippen molar-refractivity contribution in [2.45, 2.75) is 18.2 Å². The Hall–Kier alpha value is -1.06. The summed E-state index contributed by atoms with van der Waals surface area (Å²) in [7, 11) is -3.74. The van der Waals surface area contributed by atoms with Crippen LogP contribution in [0.5, 0.6) is 0 Å². The molecule has 2 nitrogen and oxygen atoms in total. The van der Waals surface area contributed by atoms with Crippen LogP contribution in [0.25, 0.3) is 0 Å². The van der Waals surface area contributed by atoms with Gasteiger partial charge in [-0.3, -0.25) is 4.57 Å². The van der Waals surface area contributed by atoms with Crippen LogP contribution in [0.1, 0.15) is 12.0 Å². The topological polar surface area (TPSA) is 37.3 Å².